The van der Waals surface area contributed by atoms with Crippen molar-refractivity contribution in [1.29, 1.82) is 0 Å². The van der Waals surface area contributed by atoms with E-state index < -0.39 is 0 Å². The van der Waals surface area contributed by atoms with E-state index in [-0.39, 0.29) is 5.91 Å². The number of nitrogens with one attached hydrogen (secondary N) is 1. The molecule has 25 heavy (non-hydrogen) atoms. The second-order valence-corrected chi connectivity index (χ2v) is 6.13. The Labute approximate surface area is 148 Å². The summed E-state index contributed by atoms with van der Waals surface area (Å²) in [6.07, 6.45) is 3.81. The molecule has 0 aliphatic carbocycles. The van der Waals surface area contributed by atoms with E-state index in [9.17, 15) is 4.79 Å². The van der Waals surface area contributed by atoms with Gasteiger partial charge in [-0.05, 0) is 51.0 Å². The highest BCUT2D eigenvalue weighted by molar-refractivity contribution is 6.03. The van der Waals surface area contributed by atoms with Crippen LogP contribution >= 0.6 is 0 Å². The third-order valence-corrected chi connectivity index (χ3v) is 4.57. The highest BCUT2D eigenvalue weighted by Gasteiger charge is 2.16. The predicted octanol–water partition coefficient (Wildman–Crippen LogP) is 3.18. The van der Waals surface area contributed by atoms with Crippen molar-refractivity contribution in [2.45, 2.75) is 26.7 Å². The molecule has 0 spiro atoms. The van der Waals surface area contributed by atoms with Crippen LogP contribution in [0.3, 0.4) is 0 Å². The summed E-state index contributed by atoms with van der Waals surface area (Å²) in [5.74, 6) is 0.618. The number of benzene rings is 1. The van der Waals surface area contributed by atoms with E-state index in [1.54, 1.807) is 6.07 Å². The Bertz CT molecular complexity index is 706. The van der Waals surface area contributed by atoms with Crippen LogP contribution in [0, 0.1) is 0 Å². The molecule has 0 unspecified atom stereocenters. The highest BCUT2D eigenvalue weighted by Crippen LogP contribution is 2.20. The first-order valence-corrected chi connectivity index (χ1v) is 8.94. The molecule has 0 atom stereocenters. The fourth-order valence-corrected chi connectivity index (χ4v) is 3.13. The number of aromatic nitrogens is 2. The number of amides is 1. The van der Waals surface area contributed by atoms with E-state index in [0.717, 1.165) is 43.4 Å². The maximum Gasteiger partial charge on any atom is 0.274 e. The predicted molar refractivity (Wildman–Crippen MR) is 101 cm³/mol. The van der Waals surface area contributed by atoms with Crippen molar-refractivity contribution in [2.75, 3.05) is 41.3 Å². The van der Waals surface area contributed by atoms with Crippen molar-refractivity contribution in [3.63, 3.8) is 0 Å². The number of anilines is 3. The maximum absolute atomic E-state index is 12.5. The Hall–Kier alpha value is -2.63. The van der Waals surface area contributed by atoms with Crippen LogP contribution in [0.15, 0.2) is 36.7 Å². The summed E-state index contributed by atoms with van der Waals surface area (Å²) >= 11 is 0. The molecular formula is C19H25N5O. The van der Waals surface area contributed by atoms with E-state index in [1.807, 2.05) is 24.3 Å². The van der Waals surface area contributed by atoms with E-state index in [1.165, 1.54) is 19.2 Å². The first-order chi connectivity index (χ1) is 12.2. The molecule has 6 heteroatoms. The fourth-order valence-electron chi connectivity index (χ4n) is 3.13. The van der Waals surface area contributed by atoms with Crippen molar-refractivity contribution in [3.05, 3.63) is 42.4 Å². The summed E-state index contributed by atoms with van der Waals surface area (Å²) in [7, 11) is 0. The highest BCUT2D eigenvalue weighted by atomic mass is 16.1. The van der Waals surface area contributed by atoms with Crippen molar-refractivity contribution in [2.24, 2.45) is 0 Å². The average Bonchev–Trinajstić information content (AvgIpc) is 3.19. The Kier molecular flexibility index (Phi) is 5.48. The van der Waals surface area contributed by atoms with E-state index in [2.05, 4.69) is 38.9 Å². The molecule has 0 saturated carbocycles. The van der Waals surface area contributed by atoms with Gasteiger partial charge in [0.1, 0.15) is 17.8 Å². The SMILES string of the molecule is CCN(CC)c1ccc(NC(=O)c2cc(N3CCCC3)ncn2)cc1. The zero-order chi connectivity index (χ0) is 17.6. The molecule has 0 radical (unpaired) electrons. The van der Waals surface area contributed by atoms with Gasteiger partial charge in [-0.2, -0.15) is 0 Å². The monoisotopic (exact) mass is 339 g/mol. The molecule has 1 N–H and O–H groups in total. The van der Waals surface area contributed by atoms with Crippen LogP contribution in [0.1, 0.15) is 37.2 Å². The number of rotatable bonds is 6. The number of nitrogens with zero attached hydrogens (tertiary/aromatic N) is 4. The summed E-state index contributed by atoms with van der Waals surface area (Å²) in [4.78, 5) is 25.3. The molecule has 3 rings (SSSR count). The van der Waals surface area contributed by atoms with Crippen molar-refractivity contribution in [1.82, 2.24) is 9.97 Å². The minimum atomic E-state index is -0.210. The summed E-state index contributed by atoms with van der Waals surface area (Å²) in [6.45, 7) is 8.17. The van der Waals surface area contributed by atoms with Crippen LogP contribution < -0.4 is 15.1 Å². The minimum absolute atomic E-state index is 0.210. The fraction of sp³-hybridized carbons (Fsp3) is 0.421. The summed E-state index contributed by atoms with van der Waals surface area (Å²) in [6, 6.07) is 9.67. The standard InChI is InChI=1S/C19H25N5O/c1-3-23(4-2)16-9-7-15(8-10-16)22-19(25)17-13-18(21-14-20-17)24-11-5-6-12-24/h7-10,13-14H,3-6,11-12H2,1-2H3,(H,22,25). The normalized spacial score (nSPS) is 13.8. The number of carbonyl (C=O) groups excluding carboxylic acids is 1. The van der Waals surface area contributed by atoms with Crippen LogP contribution in [-0.2, 0) is 0 Å². The average molecular weight is 339 g/mol. The van der Waals surface area contributed by atoms with Gasteiger partial charge in [0.25, 0.3) is 5.91 Å². The topological polar surface area (TPSA) is 61.4 Å². The van der Waals surface area contributed by atoms with Gasteiger partial charge in [0.05, 0.1) is 0 Å². The quantitative estimate of drug-likeness (QED) is 0.876. The smallest absolute Gasteiger partial charge is 0.274 e. The first kappa shape index (κ1) is 17.2. The van der Waals surface area contributed by atoms with Crippen LogP contribution in [-0.4, -0.2) is 42.1 Å². The minimum Gasteiger partial charge on any atom is -0.372 e. The largest absolute Gasteiger partial charge is 0.372 e. The molecule has 1 fully saturated rings. The van der Waals surface area contributed by atoms with Crippen molar-refractivity contribution >= 4 is 23.1 Å². The van der Waals surface area contributed by atoms with Crippen LogP contribution in [0.4, 0.5) is 17.2 Å². The molecule has 6 nitrogen and oxygen atoms in total. The number of hydrogen-bond donors (Lipinski definition) is 1. The van der Waals surface area contributed by atoms with Gasteiger partial charge in [-0.15, -0.1) is 0 Å². The summed E-state index contributed by atoms with van der Waals surface area (Å²) < 4.78 is 0. The molecule has 1 amide bonds. The summed E-state index contributed by atoms with van der Waals surface area (Å²) in [5, 5.41) is 2.91. The lowest BCUT2D eigenvalue weighted by Gasteiger charge is -2.21. The number of carbonyl (C=O) groups is 1. The molecule has 2 aromatic rings. The molecule has 1 saturated heterocycles. The second kappa shape index (κ2) is 7.96. The van der Waals surface area contributed by atoms with E-state index in [4.69, 9.17) is 0 Å². The van der Waals surface area contributed by atoms with E-state index in [0.29, 0.717) is 5.69 Å². The Morgan fingerprint density at radius 1 is 1.12 bits per heavy atom. The summed E-state index contributed by atoms with van der Waals surface area (Å²) in [5.41, 5.74) is 2.31. The molecule has 1 aromatic heterocycles. The van der Waals surface area contributed by atoms with Gasteiger partial charge in [0.15, 0.2) is 0 Å². The Morgan fingerprint density at radius 3 is 2.44 bits per heavy atom. The van der Waals surface area contributed by atoms with Gasteiger partial charge >= 0.3 is 0 Å². The second-order valence-electron chi connectivity index (χ2n) is 6.13. The third kappa shape index (κ3) is 4.07. The van der Waals surface area contributed by atoms with Crippen LogP contribution in [0.2, 0.25) is 0 Å². The lowest BCUT2D eigenvalue weighted by molar-refractivity contribution is 0.102. The maximum atomic E-state index is 12.5. The van der Waals surface area contributed by atoms with Gasteiger partial charge in [0.2, 0.25) is 0 Å². The van der Waals surface area contributed by atoms with Gasteiger partial charge in [-0.1, -0.05) is 0 Å². The third-order valence-electron chi connectivity index (χ3n) is 4.57. The van der Waals surface area contributed by atoms with Crippen molar-refractivity contribution in [3.8, 4) is 0 Å². The van der Waals surface area contributed by atoms with Gasteiger partial charge < -0.3 is 15.1 Å². The molecular weight excluding hydrogens is 314 g/mol. The molecule has 2 heterocycles. The Balaban J connectivity index is 1.68. The lowest BCUT2D eigenvalue weighted by atomic mass is 10.2. The first-order valence-electron chi connectivity index (χ1n) is 8.94. The number of hydrogen-bond acceptors (Lipinski definition) is 5. The molecule has 132 valence electrons. The molecule has 1 aromatic carbocycles. The molecule has 0 bridgehead atoms. The Morgan fingerprint density at radius 2 is 1.80 bits per heavy atom. The zero-order valence-electron chi connectivity index (χ0n) is 14.9. The van der Waals surface area contributed by atoms with E-state index >= 15 is 0 Å². The van der Waals surface area contributed by atoms with Crippen molar-refractivity contribution < 1.29 is 4.79 Å². The zero-order valence-corrected chi connectivity index (χ0v) is 14.9. The van der Waals surface area contributed by atoms with Crippen LogP contribution in [0.25, 0.3) is 0 Å². The van der Waals surface area contributed by atoms with Gasteiger partial charge in [-0.25, -0.2) is 9.97 Å². The molecule has 1 aliphatic rings. The van der Waals surface area contributed by atoms with Crippen LogP contribution in [0.5, 0.6) is 0 Å². The lowest BCUT2D eigenvalue weighted by Crippen LogP contribution is -2.22. The molecule has 1 aliphatic heterocycles. The van der Waals surface area contributed by atoms with Gasteiger partial charge in [-0.3, -0.25) is 4.79 Å². The van der Waals surface area contributed by atoms with Gasteiger partial charge in [0, 0.05) is 43.6 Å².